The van der Waals surface area contributed by atoms with E-state index in [0.29, 0.717) is 0 Å². The van der Waals surface area contributed by atoms with Gasteiger partial charge < -0.3 is 5.32 Å². The molecule has 0 bridgehead atoms. The van der Waals surface area contributed by atoms with Crippen LogP contribution in [0.2, 0.25) is 0 Å². The fourth-order valence-corrected chi connectivity index (χ4v) is 4.33. The van der Waals surface area contributed by atoms with E-state index >= 15 is 0 Å². The van der Waals surface area contributed by atoms with Gasteiger partial charge in [0.25, 0.3) is 0 Å². The number of para-hydroxylation sites is 1. The molecule has 1 N–H and O–H groups in total. The van der Waals surface area contributed by atoms with E-state index in [2.05, 4.69) is 33.6 Å². The lowest BCUT2D eigenvalue weighted by molar-refractivity contribution is 0.241. The summed E-state index contributed by atoms with van der Waals surface area (Å²) in [5.41, 5.74) is 2.63. The van der Waals surface area contributed by atoms with Crippen molar-refractivity contribution in [3.8, 4) is 0 Å². The average molecular weight is 339 g/mol. The summed E-state index contributed by atoms with van der Waals surface area (Å²) < 4.78 is 1.79. The van der Waals surface area contributed by atoms with Crippen molar-refractivity contribution >= 4 is 11.7 Å². The molecule has 25 heavy (non-hydrogen) atoms. The Morgan fingerprint density at radius 2 is 2.12 bits per heavy atom. The molecule has 0 saturated heterocycles. The lowest BCUT2D eigenvalue weighted by Crippen LogP contribution is -2.45. The van der Waals surface area contributed by atoms with Crippen molar-refractivity contribution in [2.24, 2.45) is 0 Å². The Hall–Kier alpha value is -2.37. The molecule has 1 spiro atoms. The molecule has 6 nitrogen and oxygen atoms in total. The number of rotatable bonds is 4. The first-order valence-corrected chi connectivity index (χ1v) is 9.18. The smallest absolute Gasteiger partial charge is 0.322 e. The minimum Gasteiger partial charge on any atom is -0.335 e. The van der Waals surface area contributed by atoms with Crippen molar-refractivity contribution in [2.45, 2.75) is 57.0 Å². The molecule has 0 unspecified atom stereocenters. The maximum absolute atomic E-state index is 12.9. The van der Waals surface area contributed by atoms with Gasteiger partial charge in [-0.3, -0.25) is 9.58 Å². The van der Waals surface area contributed by atoms with Gasteiger partial charge in [-0.2, -0.15) is 5.10 Å². The number of aryl methyl sites for hydroxylation is 1. The third kappa shape index (κ3) is 3.01. The molecular formula is C19H25N5O. The topological polar surface area (TPSA) is 63.1 Å². The number of nitrogens with zero attached hydrogens (tertiary/aromatic N) is 4. The van der Waals surface area contributed by atoms with Crippen LogP contribution < -0.4 is 10.2 Å². The van der Waals surface area contributed by atoms with Crippen molar-refractivity contribution in [3.05, 3.63) is 42.5 Å². The maximum atomic E-state index is 12.9. The predicted molar refractivity (Wildman–Crippen MR) is 96.6 cm³/mol. The van der Waals surface area contributed by atoms with E-state index in [4.69, 9.17) is 0 Å². The van der Waals surface area contributed by atoms with Crippen LogP contribution in [0.4, 0.5) is 10.5 Å². The number of carbonyl (C=O) groups excluding carboxylic acids is 1. The highest BCUT2D eigenvalue weighted by molar-refractivity contribution is 5.95. The fourth-order valence-electron chi connectivity index (χ4n) is 4.33. The number of fused-ring (bicyclic) bond motifs is 2. The minimum absolute atomic E-state index is 0.0160. The molecule has 2 aromatic rings. The lowest BCUT2D eigenvalue weighted by Gasteiger charge is -2.25. The summed E-state index contributed by atoms with van der Waals surface area (Å²) in [6, 6.07) is 8.53. The number of carbonyl (C=O) groups is 1. The van der Waals surface area contributed by atoms with Gasteiger partial charge in [0.05, 0.1) is 0 Å². The van der Waals surface area contributed by atoms with Crippen molar-refractivity contribution in [2.75, 3.05) is 11.4 Å². The van der Waals surface area contributed by atoms with E-state index in [9.17, 15) is 4.79 Å². The van der Waals surface area contributed by atoms with Gasteiger partial charge in [0.1, 0.15) is 12.7 Å². The Morgan fingerprint density at radius 1 is 1.32 bits per heavy atom. The van der Waals surface area contributed by atoms with E-state index in [1.54, 1.807) is 11.0 Å². The van der Waals surface area contributed by atoms with Crippen LogP contribution in [0.15, 0.2) is 36.9 Å². The number of amides is 2. The summed E-state index contributed by atoms with van der Waals surface area (Å²) in [6.07, 6.45) is 8.97. The van der Waals surface area contributed by atoms with Gasteiger partial charge in [0.2, 0.25) is 0 Å². The van der Waals surface area contributed by atoms with Crippen LogP contribution >= 0.6 is 0 Å². The molecule has 1 fully saturated rings. The first-order valence-electron chi connectivity index (χ1n) is 9.18. The van der Waals surface area contributed by atoms with Gasteiger partial charge in [-0.1, -0.05) is 31.0 Å². The Kier molecular flexibility index (Phi) is 4.19. The summed E-state index contributed by atoms with van der Waals surface area (Å²) in [5, 5.41) is 7.26. The standard InChI is InChI=1S/C19H25N5O/c1-15(8-11-23-14-20-13-21-23)22-18(25)24-12-19(9-4-5-10-19)16-6-2-3-7-17(16)24/h2-3,6-7,13-15H,4-5,8-12H2,1H3,(H,22,25)/t15-/m1/s1. The first-order chi connectivity index (χ1) is 12.2. The fraction of sp³-hybridized carbons (Fsp3) is 0.526. The molecule has 6 heteroatoms. The van der Waals surface area contributed by atoms with Crippen LogP contribution in [0.25, 0.3) is 0 Å². The van der Waals surface area contributed by atoms with Gasteiger partial charge in [-0.15, -0.1) is 0 Å². The molecule has 1 saturated carbocycles. The number of nitrogens with one attached hydrogen (secondary N) is 1. The largest absolute Gasteiger partial charge is 0.335 e. The van der Waals surface area contributed by atoms with E-state index in [1.807, 2.05) is 17.9 Å². The highest BCUT2D eigenvalue weighted by Crippen LogP contribution is 2.50. The van der Waals surface area contributed by atoms with E-state index < -0.39 is 0 Å². The van der Waals surface area contributed by atoms with E-state index in [0.717, 1.165) is 25.2 Å². The molecule has 1 atom stereocenters. The Balaban J connectivity index is 1.43. The maximum Gasteiger partial charge on any atom is 0.322 e. The van der Waals surface area contributed by atoms with E-state index in [-0.39, 0.29) is 17.5 Å². The molecule has 1 aliphatic carbocycles. The molecule has 1 aromatic carbocycles. The zero-order valence-corrected chi connectivity index (χ0v) is 14.7. The summed E-state index contributed by atoms with van der Waals surface area (Å²) in [7, 11) is 0. The van der Waals surface area contributed by atoms with Gasteiger partial charge in [0, 0.05) is 30.2 Å². The molecule has 2 amide bonds. The SMILES string of the molecule is C[C@H](CCn1cncn1)NC(=O)N1CC2(CCCC2)c2ccccc21. The Bertz CT molecular complexity index is 736. The van der Waals surface area contributed by atoms with Crippen LogP contribution in [0, 0.1) is 0 Å². The molecule has 1 aliphatic heterocycles. The molecule has 4 rings (SSSR count). The summed E-state index contributed by atoms with van der Waals surface area (Å²) >= 11 is 0. The van der Waals surface area contributed by atoms with Gasteiger partial charge in [0.15, 0.2) is 0 Å². The normalized spacial score (nSPS) is 19.2. The minimum atomic E-state index is 0.0160. The summed E-state index contributed by atoms with van der Waals surface area (Å²) in [4.78, 5) is 18.8. The number of benzene rings is 1. The second kappa shape index (κ2) is 6.50. The molecule has 0 radical (unpaired) electrons. The van der Waals surface area contributed by atoms with Crippen molar-refractivity contribution in [3.63, 3.8) is 0 Å². The highest BCUT2D eigenvalue weighted by atomic mass is 16.2. The summed E-state index contributed by atoms with van der Waals surface area (Å²) in [5.74, 6) is 0. The van der Waals surface area contributed by atoms with Crippen molar-refractivity contribution in [1.82, 2.24) is 20.1 Å². The van der Waals surface area contributed by atoms with Gasteiger partial charge in [-0.25, -0.2) is 9.78 Å². The molecule has 1 aromatic heterocycles. The average Bonchev–Trinajstić information content (AvgIpc) is 3.35. The first kappa shape index (κ1) is 16.1. The van der Waals surface area contributed by atoms with Crippen LogP contribution in [-0.4, -0.2) is 33.4 Å². The number of anilines is 1. The van der Waals surface area contributed by atoms with Crippen LogP contribution in [0.3, 0.4) is 0 Å². The summed E-state index contributed by atoms with van der Waals surface area (Å²) in [6.45, 7) is 3.61. The van der Waals surface area contributed by atoms with Crippen molar-refractivity contribution < 1.29 is 4.79 Å². The second-order valence-corrected chi connectivity index (χ2v) is 7.39. The second-order valence-electron chi connectivity index (χ2n) is 7.39. The highest BCUT2D eigenvalue weighted by Gasteiger charge is 2.46. The number of urea groups is 1. The van der Waals surface area contributed by atoms with Crippen molar-refractivity contribution in [1.29, 1.82) is 0 Å². The van der Waals surface area contributed by atoms with Gasteiger partial charge in [-0.05, 0) is 37.8 Å². The van der Waals surface area contributed by atoms with Gasteiger partial charge >= 0.3 is 6.03 Å². The zero-order valence-electron chi connectivity index (χ0n) is 14.7. The molecule has 2 heterocycles. The van der Waals surface area contributed by atoms with Crippen LogP contribution in [0.5, 0.6) is 0 Å². The molecule has 132 valence electrons. The zero-order chi connectivity index (χ0) is 17.3. The number of hydrogen-bond donors (Lipinski definition) is 1. The third-order valence-electron chi connectivity index (χ3n) is 5.66. The number of aromatic nitrogens is 3. The predicted octanol–water partition coefficient (Wildman–Crippen LogP) is 3.10. The quantitative estimate of drug-likeness (QED) is 0.931. The number of hydrogen-bond acceptors (Lipinski definition) is 3. The Morgan fingerprint density at radius 3 is 2.88 bits per heavy atom. The van der Waals surface area contributed by atoms with Crippen LogP contribution in [0.1, 0.15) is 44.6 Å². The molecular weight excluding hydrogens is 314 g/mol. The van der Waals surface area contributed by atoms with E-state index in [1.165, 1.54) is 37.6 Å². The van der Waals surface area contributed by atoms with Crippen LogP contribution in [-0.2, 0) is 12.0 Å². The monoisotopic (exact) mass is 339 g/mol. The third-order valence-corrected chi connectivity index (χ3v) is 5.66. The molecule has 2 aliphatic rings. The lowest BCUT2D eigenvalue weighted by atomic mass is 9.81. The Labute approximate surface area is 148 Å².